The molecule has 0 aliphatic rings. The second kappa shape index (κ2) is 3.66. The minimum atomic E-state index is 0.822. The van der Waals surface area contributed by atoms with Crippen molar-refractivity contribution in [1.29, 1.82) is 0 Å². The Morgan fingerprint density at radius 3 is 2.71 bits per heavy atom. The topological polar surface area (TPSA) is 26.0 Å². The molecule has 1 heterocycles. The molecule has 72 valence electrons. The van der Waals surface area contributed by atoms with E-state index in [1.807, 2.05) is 13.0 Å². The van der Waals surface area contributed by atoms with Crippen LogP contribution in [-0.4, -0.2) is 5.16 Å². The third kappa shape index (κ3) is 2.02. The Morgan fingerprint density at radius 1 is 1.21 bits per heavy atom. The van der Waals surface area contributed by atoms with Crippen molar-refractivity contribution in [1.82, 2.24) is 5.16 Å². The maximum Gasteiger partial charge on any atom is 0.141 e. The molecular weight excluding hydrogens is 174 g/mol. The van der Waals surface area contributed by atoms with Crippen molar-refractivity contribution in [3.8, 4) is 0 Å². The second-order valence-electron chi connectivity index (χ2n) is 3.60. The molecule has 14 heavy (non-hydrogen) atoms. The van der Waals surface area contributed by atoms with Crippen molar-refractivity contribution in [3.05, 3.63) is 52.9 Å². The zero-order chi connectivity index (χ0) is 9.97. The summed E-state index contributed by atoms with van der Waals surface area (Å²) in [6.07, 6.45) is 0.822. The SMILES string of the molecule is Cc1cccc(Cc2cc(C)no2)c1. The van der Waals surface area contributed by atoms with Gasteiger partial charge in [-0.2, -0.15) is 0 Å². The van der Waals surface area contributed by atoms with Gasteiger partial charge in [-0.15, -0.1) is 0 Å². The van der Waals surface area contributed by atoms with Crippen LogP contribution in [0.2, 0.25) is 0 Å². The number of hydrogen-bond donors (Lipinski definition) is 0. The third-order valence-electron chi connectivity index (χ3n) is 2.14. The van der Waals surface area contributed by atoms with Gasteiger partial charge in [0.15, 0.2) is 0 Å². The Bertz CT molecular complexity index is 431. The molecule has 2 nitrogen and oxygen atoms in total. The van der Waals surface area contributed by atoms with Gasteiger partial charge in [-0.1, -0.05) is 35.0 Å². The summed E-state index contributed by atoms with van der Waals surface area (Å²) in [5, 5.41) is 3.86. The van der Waals surface area contributed by atoms with Gasteiger partial charge in [-0.05, 0) is 19.4 Å². The van der Waals surface area contributed by atoms with E-state index in [4.69, 9.17) is 4.52 Å². The van der Waals surface area contributed by atoms with E-state index >= 15 is 0 Å². The zero-order valence-corrected chi connectivity index (χ0v) is 8.45. The first-order chi connectivity index (χ1) is 6.74. The molecule has 2 rings (SSSR count). The summed E-state index contributed by atoms with van der Waals surface area (Å²) < 4.78 is 5.16. The molecular formula is C12H13NO. The monoisotopic (exact) mass is 187 g/mol. The quantitative estimate of drug-likeness (QED) is 0.722. The number of rotatable bonds is 2. The van der Waals surface area contributed by atoms with Crippen molar-refractivity contribution < 1.29 is 4.52 Å². The first kappa shape index (κ1) is 9.00. The van der Waals surface area contributed by atoms with Crippen LogP contribution in [0.4, 0.5) is 0 Å². The van der Waals surface area contributed by atoms with E-state index in [2.05, 4.69) is 36.3 Å². The fourth-order valence-corrected chi connectivity index (χ4v) is 1.52. The predicted octanol–water partition coefficient (Wildman–Crippen LogP) is 2.88. The highest BCUT2D eigenvalue weighted by atomic mass is 16.5. The minimum absolute atomic E-state index is 0.822. The van der Waals surface area contributed by atoms with Crippen LogP contribution in [0.15, 0.2) is 34.9 Å². The van der Waals surface area contributed by atoms with E-state index in [9.17, 15) is 0 Å². The molecule has 0 radical (unpaired) electrons. The van der Waals surface area contributed by atoms with E-state index in [1.54, 1.807) is 0 Å². The summed E-state index contributed by atoms with van der Waals surface area (Å²) >= 11 is 0. The lowest BCUT2D eigenvalue weighted by molar-refractivity contribution is 0.385. The fourth-order valence-electron chi connectivity index (χ4n) is 1.52. The molecule has 1 aromatic heterocycles. The lowest BCUT2D eigenvalue weighted by atomic mass is 10.1. The van der Waals surface area contributed by atoms with Crippen molar-refractivity contribution in [3.63, 3.8) is 0 Å². The lowest BCUT2D eigenvalue weighted by Gasteiger charge is -1.98. The van der Waals surface area contributed by atoms with Crippen LogP contribution in [0.3, 0.4) is 0 Å². The summed E-state index contributed by atoms with van der Waals surface area (Å²) in [5.74, 6) is 0.924. The molecule has 0 amide bonds. The fraction of sp³-hybridized carbons (Fsp3) is 0.250. The van der Waals surface area contributed by atoms with Crippen molar-refractivity contribution >= 4 is 0 Å². The number of aryl methyl sites for hydroxylation is 2. The molecule has 1 aromatic carbocycles. The summed E-state index contributed by atoms with van der Waals surface area (Å²) in [5.41, 5.74) is 3.48. The molecule has 0 bridgehead atoms. The third-order valence-corrected chi connectivity index (χ3v) is 2.14. The first-order valence-corrected chi connectivity index (χ1v) is 4.72. The van der Waals surface area contributed by atoms with Crippen LogP contribution in [0.25, 0.3) is 0 Å². The Balaban J connectivity index is 2.18. The average molecular weight is 187 g/mol. The molecule has 0 atom stereocenters. The molecule has 2 aromatic rings. The number of hydrogen-bond acceptors (Lipinski definition) is 2. The maximum absolute atomic E-state index is 5.16. The summed E-state index contributed by atoms with van der Waals surface area (Å²) in [7, 11) is 0. The summed E-state index contributed by atoms with van der Waals surface area (Å²) in [6, 6.07) is 10.4. The summed E-state index contributed by atoms with van der Waals surface area (Å²) in [4.78, 5) is 0. The molecule has 0 unspecified atom stereocenters. The van der Waals surface area contributed by atoms with Crippen LogP contribution in [0, 0.1) is 13.8 Å². The molecule has 0 saturated heterocycles. The molecule has 0 saturated carbocycles. The Hall–Kier alpha value is -1.57. The minimum Gasteiger partial charge on any atom is -0.361 e. The molecule has 0 aliphatic carbocycles. The van der Waals surface area contributed by atoms with E-state index in [-0.39, 0.29) is 0 Å². The van der Waals surface area contributed by atoms with Crippen LogP contribution in [0.5, 0.6) is 0 Å². The standard InChI is InChI=1S/C12H13NO/c1-9-4-3-5-11(6-9)8-12-7-10(2)13-14-12/h3-7H,8H2,1-2H3. The van der Waals surface area contributed by atoms with Gasteiger partial charge in [0.25, 0.3) is 0 Å². The second-order valence-corrected chi connectivity index (χ2v) is 3.60. The van der Waals surface area contributed by atoms with Gasteiger partial charge in [-0.3, -0.25) is 0 Å². The molecule has 2 heteroatoms. The van der Waals surface area contributed by atoms with Gasteiger partial charge in [0, 0.05) is 12.5 Å². The van der Waals surface area contributed by atoms with Crippen molar-refractivity contribution in [2.75, 3.05) is 0 Å². The Labute approximate surface area is 83.5 Å². The van der Waals surface area contributed by atoms with E-state index in [1.165, 1.54) is 11.1 Å². The van der Waals surface area contributed by atoms with E-state index in [0.29, 0.717) is 0 Å². The molecule has 0 fully saturated rings. The highest BCUT2D eigenvalue weighted by Crippen LogP contribution is 2.11. The lowest BCUT2D eigenvalue weighted by Crippen LogP contribution is -1.85. The Kier molecular flexibility index (Phi) is 2.35. The highest BCUT2D eigenvalue weighted by Gasteiger charge is 2.01. The van der Waals surface area contributed by atoms with Crippen LogP contribution in [-0.2, 0) is 6.42 Å². The highest BCUT2D eigenvalue weighted by molar-refractivity contribution is 5.25. The maximum atomic E-state index is 5.16. The van der Waals surface area contributed by atoms with E-state index < -0.39 is 0 Å². The van der Waals surface area contributed by atoms with Gasteiger partial charge in [-0.25, -0.2) is 0 Å². The van der Waals surface area contributed by atoms with E-state index in [0.717, 1.165) is 17.9 Å². The first-order valence-electron chi connectivity index (χ1n) is 4.72. The molecule has 0 aliphatic heterocycles. The number of benzene rings is 1. The largest absolute Gasteiger partial charge is 0.361 e. The van der Waals surface area contributed by atoms with Crippen LogP contribution < -0.4 is 0 Å². The summed E-state index contributed by atoms with van der Waals surface area (Å²) in [6.45, 7) is 4.03. The zero-order valence-electron chi connectivity index (χ0n) is 8.45. The van der Waals surface area contributed by atoms with Gasteiger partial charge in [0.1, 0.15) is 5.76 Å². The molecule has 0 N–H and O–H groups in total. The number of aromatic nitrogens is 1. The van der Waals surface area contributed by atoms with Gasteiger partial charge in [0.2, 0.25) is 0 Å². The van der Waals surface area contributed by atoms with Crippen molar-refractivity contribution in [2.24, 2.45) is 0 Å². The average Bonchev–Trinajstić information content (AvgIpc) is 2.51. The van der Waals surface area contributed by atoms with Crippen LogP contribution in [0.1, 0.15) is 22.6 Å². The normalized spacial score (nSPS) is 10.4. The smallest absolute Gasteiger partial charge is 0.141 e. The molecule has 0 spiro atoms. The van der Waals surface area contributed by atoms with Crippen LogP contribution >= 0.6 is 0 Å². The number of nitrogens with zero attached hydrogens (tertiary/aromatic N) is 1. The van der Waals surface area contributed by atoms with Gasteiger partial charge >= 0.3 is 0 Å². The predicted molar refractivity (Wildman–Crippen MR) is 55.2 cm³/mol. The Morgan fingerprint density at radius 2 is 2.07 bits per heavy atom. The van der Waals surface area contributed by atoms with Gasteiger partial charge < -0.3 is 4.52 Å². The van der Waals surface area contributed by atoms with Crippen molar-refractivity contribution in [2.45, 2.75) is 20.3 Å². The van der Waals surface area contributed by atoms with Gasteiger partial charge in [0.05, 0.1) is 5.69 Å².